The van der Waals surface area contributed by atoms with Crippen LogP contribution in [-0.2, 0) is 0 Å². The van der Waals surface area contributed by atoms with Gasteiger partial charge in [-0.1, -0.05) is 12.1 Å². The van der Waals surface area contributed by atoms with Crippen LogP contribution in [0.15, 0.2) is 59.3 Å². The Bertz CT molecular complexity index is 1260. The highest BCUT2D eigenvalue weighted by Crippen LogP contribution is 2.35. The molecule has 0 aliphatic rings. The van der Waals surface area contributed by atoms with Crippen molar-refractivity contribution in [2.24, 2.45) is 0 Å². The summed E-state index contributed by atoms with van der Waals surface area (Å²) in [6.07, 6.45) is 0. The molecule has 0 fully saturated rings. The molecule has 0 aliphatic heterocycles. The van der Waals surface area contributed by atoms with E-state index in [1.807, 2.05) is 6.07 Å². The quantitative estimate of drug-likeness (QED) is 0.328. The van der Waals surface area contributed by atoms with E-state index >= 15 is 0 Å². The van der Waals surface area contributed by atoms with Crippen molar-refractivity contribution in [1.82, 2.24) is 9.97 Å². The monoisotopic (exact) mass is 388 g/mol. The van der Waals surface area contributed by atoms with Crippen molar-refractivity contribution in [2.45, 2.75) is 6.92 Å². The highest BCUT2D eigenvalue weighted by molar-refractivity contribution is 7.13. The van der Waals surface area contributed by atoms with Crippen LogP contribution < -0.4 is 4.74 Å². The Morgan fingerprint density at radius 3 is 1.96 bits per heavy atom. The third-order valence-electron chi connectivity index (χ3n) is 4.63. The van der Waals surface area contributed by atoms with Crippen LogP contribution in [0.3, 0.4) is 0 Å². The van der Waals surface area contributed by atoms with Gasteiger partial charge in [0.1, 0.15) is 11.3 Å². The summed E-state index contributed by atoms with van der Waals surface area (Å²) in [6.45, 7) is 2.10. The summed E-state index contributed by atoms with van der Waals surface area (Å²) in [5.41, 5.74) is 6.91. The lowest BCUT2D eigenvalue weighted by atomic mass is 10.1. The molecule has 0 saturated carbocycles. The van der Waals surface area contributed by atoms with E-state index in [1.165, 1.54) is 15.3 Å². The Morgan fingerprint density at radius 1 is 0.778 bits per heavy atom. The van der Waals surface area contributed by atoms with Gasteiger partial charge in [-0.25, -0.2) is 9.97 Å². The van der Waals surface area contributed by atoms with Crippen LogP contribution in [0.25, 0.3) is 42.9 Å². The van der Waals surface area contributed by atoms with E-state index in [-0.39, 0.29) is 0 Å². The maximum atomic E-state index is 5.65. The first kappa shape index (κ1) is 16.4. The van der Waals surface area contributed by atoms with Crippen LogP contribution in [-0.4, -0.2) is 17.1 Å². The van der Waals surface area contributed by atoms with E-state index in [2.05, 4.69) is 60.1 Å². The molecule has 5 aromatic rings. The maximum absolute atomic E-state index is 5.65. The van der Waals surface area contributed by atoms with E-state index in [0.29, 0.717) is 0 Å². The minimum atomic E-state index is 0.754. The Kier molecular flexibility index (Phi) is 3.92. The summed E-state index contributed by atoms with van der Waals surface area (Å²) in [5.74, 6) is 0.754. The van der Waals surface area contributed by atoms with Crippen LogP contribution in [0.5, 0.6) is 5.75 Å². The van der Waals surface area contributed by atoms with Crippen LogP contribution in [0, 0.1) is 6.92 Å². The summed E-state index contributed by atoms with van der Waals surface area (Å²) in [4.78, 5) is 12.3. The fourth-order valence-corrected chi connectivity index (χ4v) is 4.78. The minimum Gasteiger partial charge on any atom is -0.494 e. The van der Waals surface area contributed by atoms with Crippen molar-refractivity contribution < 1.29 is 4.74 Å². The zero-order chi connectivity index (χ0) is 18.4. The Labute approximate surface area is 164 Å². The second-order valence-electron chi connectivity index (χ2n) is 6.39. The first-order chi connectivity index (χ1) is 13.2. The molecule has 5 heteroatoms. The smallest absolute Gasteiger partial charge is 0.147 e. The minimum absolute atomic E-state index is 0.754. The van der Waals surface area contributed by atoms with Crippen LogP contribution in [0.4, 0.5) is 0 Å². The Balaban J connectivity index is 1.79. The molecule has 0 saturated heterocycles. The standard InChI is InChI=1S/C22H16N2OS2/c1-13-9-14(19-5-3-7-26-19)10-16-21(13)23-17-11-15(20-6-4-8-27-20)12-18(25-2)22(17)24-16/h3-12H,1-2H3. The fourth-order valence-electron chi connectivity index (χ4n) is 3.35. The molecule has 5 rings (SSSR count). The van der Waals surface area contributed by atoms with Crippen molar-refractivity contribution in [3.8, 4) is 26.6 Å². The number of hydrogen-bond donors (Lipinski definition) is 0. The molecule has 0 atom stereocenters. The first-order valence-corrected chi connectivity index (χ1v) is 10.4. The van der Waals surface area contributed by atoms with Crippen molar-refractivity contribution in [3.63, 3.8) is 0 Å². The summed E-state index contributed by atoms with van der Waals surface area (Å²) in [6, 6.07) is 16.8. The number of methoxy groups -OCH3 is 1. The lowest BCUT2D eigenvalue weighted by Crippen LogP contribution is -1.95. The van der Waals surface area contributed by atoms with Gasteiger partial charge in [0.15, 0.2) is 0 Å². The Hall–Kier alpha value is -2.76. The zero-order valence-corrected chi connectivity index (χ0v) is 16.5. The van der Waals surface area contributed by atoms with Gasteiger partial charge in [-0.3, -0.25) is 0 Å². The molecular formula is C22H16N2OS2. The van der Waals surface area contributed by atoms with Gasteiger partial charge in [0.2, 0.25) is 0 Å². The van der Waals surface area contributed by atoms with Crippen LogP contribution in [0.1, 0.15) is 5.56 Å². The van der Waals surface area contributed by atoms with E-state index < -0.39 is 0 Å². The topological polar surface area (TPSA) is 35.0 Å². The molecule has 0 N–H and O–H groups in total. The number of fused-ring (bicyclic) bond motifs is 2. The lowest BCUT2D eigenvalue weighted by Gasteiger charge is -2.11. The van der Waals surface area contributed by atoms with Gasteiger partial charge in [-0.15, -0.1) is 22.7 Å². The molecule has 3 nitrogen and oxygen atoms in total. The van der Waals surface area contributed by atoms with Gasteiger partial charge in [0, 0.05) is 9.75 Å². The number of benzene rings is 2. The average Bonchev–Trinajstić information content (AvgIpc) is 3.39. The summed E-state index contributed by atoms with van der Waals surface area (Å²) < 4.78 is 5.65. The summed E-state index contributed by atoms with van der Waals surface area (Å²) >= 11 is 3.44. The van der Waals surface area contributed by atoms with Crippen LogP contribution >= 0.6 is 22.7 Å². The SMILES string of the molecule is COc1cc(-c2cccs2)cc2nc3c(C)cc(-c4cccs4)cc3nc12. The summed E-state index contributed by atoms with van der Waals surface area (Å²) in [5, 5.41) is 4.17. The molecule has 3 heterocycles. The molecule has 3 aromatic heterocycles. The molecule has 0 amide bonds. The zero-order valence-electron chi connectivity index (χ0n) is 14.9. The molecule has 27 heavy (non-hydrogen) atoms. The Morgan fingerprint density at radius 2 is 1.37 bits per heavy atom. The lowest BCUT2D eigenvalue weighted by molar-refractivity contribution is 0.419. The van der Waals surface area contributed by atoms with E-state index in [9.17, 15) is 0 Å². The third kappa shape index (κ3) is 2.80. The van der Waals surface area contributed by atoms with Gasteiger partial charge in [-0.05, 0) is 70.8 Å². The number of ether oxygens (including phenoxy) is 1. The van der Waals surface area contributed by atoms with Gasteiger partial charge >= 0.3 is 0 Å². The molecule has 0 unspecified atom stereocenters. The highest BCUT2D eigenvalue weighted by Gasteiger charge is 2.13. The molecule has 0 spiro atoms. The second kappa shape index (κ2) is 6.44. The molecular weight excluding hydrogens is 372 g/mol. The highest BCUT2D eigenvalue weighted by atomic mass is 32.1. The van der Waals surface area contributed by atoms with Crippen molar-refractivity contribution in [2.75, 3.05) is 7.11 Å². The van der Waals surface area contributed by atoms with Crippen molar-refractivity contribution >= 4 is 44.7 Å². The molecule has 0 radical (unpaired) electrons. The van der Waals surface area contributed by atoms with Gasteiger partial charge in [0.25, 0.3) is 0 Å². The number of rotatable bonds is 3. The molecule has 2 aromatic carbocycles. The van der Waals surface area contributed by atoms with Gasteiger partial charge in [-0.2, -0.15) is 0 Å². The fraction of sp³-hybridized carbons (Fsp3) is 0.0909. The number of hydrogen-bond acceptors (Lipinski definition) is 5. The number of nitrogens with zero attached hydrogens (tertiary/aromatic N) is 2. The predicted octanol–water partition coefficient (Wildman–Crippen LogP) is 6.56. The second-order valence-corrected chi connectivity index (χ2v) is 8.28. The number of thiophene rings is 2. The number of aromatic nitrogens is 2. The van der Waals surface area contributed by atoms with Crippen molar-refractivity contribution in [3.05, 3.63) is 64.9 Å². The maximum Gasteiger partial charge on any atom is 0.147 e. The van der Waals surface area contributed by atoms with E-state index in [1.54, 1.807) is 29.8 Å². The first-order valence-electron chi connectivity index (χ1n) is 8.61. The summed E-state index contributed by atoms with van der Waals surface area (Å²) in [7, 11) is 1.69. The molecule has 132 valence electrons. The van der Waals surface area contributed by atoms with Crippen molar-refractivity contribution in [1.29, 1.82) is 0 Å². The van der Waals surface area contributed by atoms with E-state index in [4.69, 9.17) is 14.7 Å². The number of aryl methyl sites for hydroxylation is 1. The molecule has 0 aliphatic carbocycles. The van der Waals surface area contributed by atoms with E-state index in [0.717, 1.165) is 38.9 Å². The van der Waals surface area contributed by atoms with Crippen LogP contribution in [0.2, 0.25) is 0 Å². The normalized spacial score (nSPS) is 11.3. The molecule has 0 bridgehead atoms. The van der Waals surface area contributed by atoms with Gasteiger partial charge in [0.05, 0.1) is 23.7 Å². The third-order valence-corrected chi connectivity index (χ3v) is 6.47. The average molecular weight is 389 g/mol. The largest absolute Gasteiger partial charge is 0.494 e. The van der Waals surface area contributed by atoms with Gasteiger partial charge < -0.3 is 4.74 Å². The predicted molar refractivity (Wildman–Crippen MR) is 115 cm³/mol.